The van der Waals surface area contributed by atoms with E-state index < -0.39 is 12.7 Å². The van der Waals surface area contributed by atoms with E-state index >= 15 is 0 Å². The van der Waals surface area contributed by atoms with Gasteiger partial charge in [0, 0.05) is 17.8 Å². The predicted molar refractivity (Wildman–Crippen MR) is 72.2 cm³/mol. The smallest absolute Gasteiger partial charge is 0.332 e. The average molecular weight is 344 g/mol. The molecular formula is C13H21BrF3NO. The molecule has 19 heavy (non-hydrogen) atoms. The molecular weight excluding hydrogens is 323 g/mol. The van der Waals surface area contributed by atoms with Gasteiger partial charge in [0.1, 0.15) is 6.54 Å². The molecule has 112 valence electrons. The molecule has 2 nitrogen and oxygen atoms in total. The van der Waals surface area contributed by atoms with Crippen LogP contribution >= 0.6 is 15.9 Å². The van der Waals surface area contributed by atoms with Gasteiger partial charge in [0.15, 0.2) is 0 Å². The van der Waals surface area contributed by atoms with Crippen LogP contribution in [0.15, 0.2) is 0 Å². The van der Waals surface area contributed by atoms with Crippen LogP contribution in [0.25, 0.3) is 0 Å². The number of hydrogen-bond donors (Lipinski definition) is 0. The first-order chi connectivity index (χ1) is 8.67. The van der Waals surface area contributed by atoms with Crippen LogP contribution in [0.3, 0.4) is 0 Å². The van der Waals surface area contributed by atoms with E-state index in [-0.39, 0.29) is 23.8 Å². The molecule has 0 bridgehead atoms. The standard InChI is InChI=1S/C13H21BrF3NO/c1-12(2)6-4-3-5-10(12)11(19)18(8-7-14)9-13(15,16)17/h10H,3-9H2,1-2H3. The first-order valence-corrected chi connectivity index (χ1v) is 7.71. The third kappa shape index (κ3) is 4.97. The van der Waals surface area contributed by atoms with Crippen LogP contribution in [-0.4, -0.2) is 35.4 Å². The molecule has 0 spiro atoms. The fourth-order valence-electron chi connectivity index (χ4n) is 2.76. The normalized spacial score (nSPS) is 23.2. The highest BCUT2D eigenvalue weighted by Crippen LogP contribution is 2.41. The first-order valence-electron chi connectivity index (χ1n) is 6.59. The summed E-state index contributed by atoms with van der Waals surface area (Å²) in [5.74, 6) is -0.635. The molecule has 0 aromatic carbocycles. The second-order valence-corrected chi connectivity index (χ2v) is 6.64. The number of carbonyl (C=O) groups is 1. The van der Waals surface area contributed by atoms with Gasteiger partial charge in [-0.2, -0.15) is 13.2 Å². The van der Waals surface area contributed by atoms with Crippen LogP contribution in [0.2, 0.25) is 0 Å². The zero-order chi connectivity index (χ0) is 14.7. The number of carbonyl (C=O) groups excluding carboxylic acids is 1. The van der Waals surface area contributed by atoms with Gasteiger partial charge in [0.05, 0.1) is 0 Å². The Bertz CT molecular complexity index is 318. The van der Waals surface area contributed by atoms with Crippen molar-refractivity contribution < 1.29 is 18.0 Å². The highest BCUT2D eigenvalue weighted by atomic mass is 79.9. The Morgan fingerprint density at radius 2 is 2.00 bits per heavy atom. The number of rotatable bonds is 4. The molecule has 0 aliphatic heterocycles. The highest BCUT2D eigenvalue weighted by Gasteiger charge is 2.41. The lowest BCUT2D eigenvalue weighted by atomic mass is 9.68. The van der Waals surface area contributed by atoms with Crippen molar-refractivity contribution in [3.63, 3.8) is 0 Å². The van der Waals surface area contributed by atoms with E-state index in [9.17, 15) is 18.0 Å². The molecule has 1 amide bonds. The molecule has 1 aliphatic carbocycles. The largest absolute Gasteiger partial charge is 0.406 e. The lowest BCUT2D eigenvalue weighted by Crippen LogP contribution is -2.47. The van der Waals surface area contributed by atoms with Gasteiger partial charge in [-0.1, -0.05) is 42.6 Å². The Labute approximate surface area is 120 Å². The van der Waals surface area contributed by atoms with Crippen LogP contribution < -0.4 is 0 Å². The Morgan fingerprint density at radius 1 is 1.37 bits per heavy atom. The maximum absolute atomic E-state index is 12.5. The van der Waals surface area contributed by atoms with Gasteiger partial charge in [-0.15, -0.1) is 0 Å². The molecule has 0 aromatic rings. The third-order valence-electron chi connectivity index (χ3n) is 3.84. The summed E-state index contributed by atoms with van der Waals surface area (Å²) in [6.45, 7) is 2.91. The Hall–Kier alpha value is -0.260. The predicted octanol–water partition coefficient (Wildman–Crippen LogP) is 3.99. The summed E-state index contributed by atoms with van der Waals surface area (Å²) < 4.78 is 37.6. The minimum atomic E-state index is -4.34. The summed E-state index contributed by atoms with van der Waals surface area (Å²) in [6.07, 6.45) is -0.765. The molecule has 6 heteroatoms. The second kappa shape index (κ2) is 6.46. The van der Waals surface area contributed by atoms with Crippen LogP contribution in [-0.2, 0) is 4.79 Å². The maximum atomic E-state index is 12.5. The van der Waals surface area contributed by atoms with Crippen LogP contribution in [0.1, 0.15) is 39.5 Å². The van der Waals surface area contributed by atoms with Crippen LogP contribution in [0, 0.1) is 11.3 Å². The lowest BCUT2D eigenvalue weighted by Gasteiger charge is -2.40. The Balaban J connectivity index is 2.80. The maximum Gasteiger partial charge on any atom is 0.406 e. The number of alkyl halides is 4. The molecule has 1 saturated carbocycles. The van der Waals surface area contributed by atoms with E-state index in [1.54, 1.807) is 0 Å². The van der Waals surface area contributed by atoms with E-state index in [4.69, 9.17) is 0 Å². The SMILES string of the molecule is CC1(C)CCCCC1C(=O)N(CCBr)CC(F)(F)F. The van der Waals surface area contributed by atoms with Gasteiger partial charge in [-0.3, -0.25) is 4.79 Å². The summed E-state index contributed by atoms with van der Waals surface area (Å²) >= 11 is 3.12. The summed E-state index contributed by atoms with van der Waals surface area (Å²) in [5, 5.41) is 0.363. The van der Waals surface area contributed by atoms with Crippen molar-refractivity contribution in [3.05, 3.63) is 0 Å². The summed E-state index contributed by atoms with van der Waals surface area (Å²) in [5.41, 5.74) is -0.203. The fourth-order valence-corrected chi connectivity index (χ4v) is 3.19. The number of nitrogens with zero attached hydrogens (tertiary/aromatic N) is 1. The van der Waals surface area contributed by atoms with Gasteiger partial charge >= 0.3 is 6.18 Å². The first kappa shape index (κ1) is 16.8. The number of amides is 1. The topological polar surface area (TPSA) is 20.3 Å². The van der Waals surface area contributed by atoms with Crippen molar-refractivity contribution in [3.8, 4) is 0 Å². The fraction of sp³-hybridized carbons (Fsp3) is 0.923. The molecule has 0 N–H and O–H groups in total. The molecule has 1 aliphatic rings. The zero-order valence-corrected chi connectivity index (χ0v) is 13.0. The molecule has 0 radical (unpaired) electrons. The van der Waals surface area contributed by atoms with Crippen molar-refractivity contribution in [1.82, 2.24) is 4.90 Å². The van der Waals surface area contributed by atoms with Crippen molar-refractivity contribution >= 4 is 21.8 Å². The van der Waals surface area contributed by atoms with E-state index in [0.29, 0.717) is 11.8 Å². The minimum absolute atomic E-state index is 0.102. The van der Waals surface area contributed by atoms with Gasteiger partial charge in [0.25, 0.3) is 0 Å². The van der Waals surface area contributed by atoms with Gasteiger partial charge < -0.3 is 4.90 Å². The van der Waals surface area contributed by atoms with Crippen molar-refractivity contribution in [2.24, 2.45) is 11.3 Å². The molecule has 1 fully saturated rings. The highest BCUT2D eigenvalue weighted by molar-refractivity contribution is 9.09. The van der Waals surface area contributed by atoms with Crippen LogP contribution in [0.4, 0.5) is 13.2 Å². The van der Waals surface area contributed by atoms with Gasteiger partial charge in [0.2, 0.25) is 5.91 Å². The van der Waals surface area contributed by atoms with Gasteiger partial charge in [-0.25, -0.2) is 0 Å². The van der Waals surface area contributed by atoms with E-state index in [1.165, 1.54) is 0 Å². The van der Waals surface area contributed by atoms with Crippen molar-refractivity contribution in [1.29, 1.82) is 0 Å². The Kier molecular flexibility index (Phi) is 5.71. The van der Waals surface area contributed by atoms with Crippen molar-refractivity contribution in [2.75, 3.05) is 18.4 Å². The van der Waals surface area contributed by atoms with Gasteiger partial charge in [-0.05, 0) is 18.3 Å². The number of halogens is 4. The summed E-state index contributed by atoms with van der Waals surface area (Å²) in [4.78, 5) is 13.3. The van der Waals surface area contributed by atoms with Crippen molar-refractivity contribution in [2.45, 2.75) is 45.7 Å². The molecule has 0 saturated heterocycles. The molecule has 1 rings (SSSR count). The monoisotopic (exact) mass is 343 g/mol. The average Bonchev–Trinajstić information content (AvgIpc) is 2.25. The zero-order valence-electron chi connectivity index (χ0n) is 11.4. The van der Waals surface area contributed by atoms with E-state index in [1.807, 2.05) is 13.8 Å². The van der Waals surface area contributed by atoms with E-state index in [2.05, 4.69) is 15.9 Å². The van der Waals surface area contributed by atoms with Crippen LogP contribution in [0.5, 0.6) is 0 Å². The molecule has 1 unspecified atom stereocenters. The minimum Gasteiger partial charge on any atom is -0.332 e. The third-order valence-corrected chi connectivity index (χ3v) is 4.20. The summed E-state index contributed by atoms with van der Waals surface area (Å²) in [6, 6.07) is 0. The quantitative estimate of drug-likeness (QED) is 0.707. The van der Waals surface area contributed by atoms with E-state index in [0.717, 1.165) is 24.2 Å². The molecule has 0 heterocycles. The lowest BCUT2D eigenvalue weighted by molar-refractivity contribution is -0.166. The summed E-state index contributed by atoms with van der Waals surface area (Å²) in [7, 11) is 0. The second-order valence-electron chi connectivity index (χ2n) is 5.85. The number of hydrogen-bond acceptors (Lipinski definition) is 1. The molecule has 0 aromatic heterocycles. The Morgan fingerprint density at radius 3 is 2.47 bits per heavy atom. The molecule has 1 atom stereocenters.